The first-order chi connectivity index (χ1) is 14.5. The Morgan fingerprint density at radius 3 is 2.27 bits per heavy atom. The predicted octanol–water partition coefficient (Wildman–Crippen LogP) is 7.33. The number of carbonyl (C=O) groups is 1. The van der Waals surface area contributed by atoms with Crippen molar-refractivity contribution in [3.05, 3.63) is 70.4 Å². The highest BCUT2D eigenvalue weighted by atomic mass is 16.2. The Kier molecular flexibility index (Phi) is 7.36. The molecule has 30 heavy (non-hydrogen) atoms. The molecule has 3 nitrogen and oxygen atoms in total. The second kappa shape index (κ2) is 9.97. The van der Waals surface area contributed by atoms with Gasteiger partial charge in [-0.25, -0.2) is 0 Å². The van der Waals surface area contributed by atoms with Gasteiger partial charge in [0.2, 0.25) is 0 Å². The number of aromatic amines is 1. The van der Waals surface area contributed by atoms with Gasteiger partial charge in [-0.2, -0.15) is 0 Å². The molecule has 3 heteroatoms. The second-order valence-corrected chi connectivity index (χ2v) is 8.53. The van der Waals surface area contributed by atoms with Crippen molar-refractivity contribution in [2.75, 3.05) is 7.05 Å². The predicted molar refractivity (Wildman–Crippen MR) is 127 cm³/mol. The molecule has 2 heterocycles. The molecule has 0 bridgehead atoms. The maximum atomic E-state index is 12.6. The molecule has 1 atom stereocenters. The van der Waals surface area contributed by atoms with Crippen LogP contribution >= 0.6 is 0 Å². The van der Waals surface area contributed by atoms with E-state index in [1.54, 1.807) is 0 Å². The third-order valence-corrected chi connectivity index (χ3v) is 6.11. The molecule has 4 rings (SSSR count). The molecular formula is C27H36N2O. The van der Waals surface area contributed by atoms with Crippen molar-refractivity contribution in [3.63, 3.8) is 0 Å². The van der Waals surface area contributed by atoms with E-state index in [0.29, 0.717) is 0 Å². The van der Waals surface area contributed by atoms with Crippen LogP contribution in [0, 0.1) is 13.8 Å². The van der Waals surface area contributed by atoms with E-state index in [0.717, 1.165) is 22.3 Å². The molecular weight excluding hydrogens is 368 g/mol. The summed E-state index contributed by atoms with van der Waals surface area (Å²) in [5, 5.41) is 1.19. The maximum absolute atomic E-state index is 12.6. The zero-order valence-corrected chi connectivity index (χ0v) is 19.2. The van der Waals surface area contributed by atoms with E-state index in [4.69, 9.17) is 0 Å². The first-order valence-corrected chi connectivity index (χ1v) is 11.4. The number of amides is 1. The summed E-state index contributed by atoms with van der Waals surface area (Å²) in [4.78, 5) is 17.9. The van der Waals surface area contributed by atoms with Gasteiger partial charge in [-0.05, 0) is 31.5 Å². The number of nitrogens with zero attached hydrogens (tertiary/aromatic N) is 1. The smallest absolute Gasteiger partial charge is 0.254 e. The lowest BCUT2D eigenvalue weighted by atomic mass is 9.94. The Morgan fingerprint density at radius 2 is 1.60 bits per heavy atom. The number of hydrogen-bond donors (Lipinski definition) is 1. The summed E-state index contributed by atoms with van der Waals surface area (Å²) < 4.78 is 0. The number of fused-ring (bicyclic) bond motifs is 2. The number of aryl methyl sites for hydroxylation is 2. The van der Waals surface area contributed by atoms with Gasteiger partial charge in [-0.1, -0.05) is 88.3 Å². The molecule has 0 radical (unpaired) electrons. The topological polar surface area (TPSA) is 36.1 Å². The molecule has 1 N–H and O–H groups in total. The van der Waals surface area contributed by atoms with Gasteiger partial charge >= 0.3 is 0 Å². The molecule has 1 aromatic heterocycles. The van der Waals surface area contributed by atoms with Crippen LogP contribution in [-0.4, -0.2) is 22.8 Å². The number of aromatic nitrogens is 1. The van der Waals surface area contributed by atoms with Crippen LogP contribution in [0.15, 0.2) is 42.5 Å². The Balaban J connectivity index is 0.000000275. The van der Waals surface area contributed by atoms with Crippen LogP contribution in [0.2, 0.25) is 0 Å². The molecule has 0 spiro atoms. The molecule has 0 aliphatic carbocycles. The van der Waals surface area contributed by atoms with Crippen LogP contribution in [-0.2, 0) is 0 Å². The number of para-hydroxylation sites is 1. The van der Waals surface area contributed by atoms with Crippen LogP contribution < -0.4 is 0 Å². The molecule has 0 saturated carbocycles. The van der Waals surface area contributed by atoms with Crippen LogP contribution in [0.4, 0.5) is 0 Å². The fraction of sp³-hybridized carbons (Fsp3) is 0.444. The minimum atomic E-state index is -0.0152. The number of nitrogens with one attached hydrogen (secondary N) is 1. The summed E-state index contributed by atoms with van der Waals surface area (Å²) >= 11 is 0. The van der Waals surface area contributed by atoms with Crippen molar-refractivity contribution < 1.29 is 4.79 Å². The van der Waals surface area contributed by atoms with E-state index in [2.05, 4.69) is 50.9 Å². The maximum Gasteiger partial charge on any atom is 0.254 e. The fourth-order valence-corrected chi connectivity index (χ4v) is 4.47. The van der Waals surface area contributed by atoms with Gasteiger partial charge in [-0.15, -0.1) is 0 Å². The molecule has 1 amide bonds. The molecule has 2 aromatic carbocycles. The van der Waals surface area contributed by atoms with Gasteiger partial charge < -0.3 is 9.88 Å². The van der Waals surface area contributed by atoms with Crippen molar-refractivity contribution in [1.29, 1.82) is 0 Å². The van der Waals surface area contributed by atoms with Crippen molar-refractivity contribution in [1.82, 2.24) is 9.88 Å². The van der Waals surface area contributed by atoms with Crippen LogP contribution in [0.3, 0.4) is 0 Å². The second-order valence-electron chi connectivity index (χ2n) is 8.53. The lowest BCUT2D eigenvalue weighted by Crippen LogP contribution is -2.24. The normalized spacial score (nSPS) is 15.3. The zero-order chi connectivity index (χ0) is 21.7. The van der Waals surface area contributed by atoms with E-state index < -0.39 is 0 Å². The van der Waals surface area contributed by atoms with Crippen LogP contribution in [0.25, 0.3) is 10.9 Å². The molecule has 1 aliphatic heterocycles. The van der Waals surface area contributed by atoms with Gasteiger partial charge in [0, 0.05) is 34.8 Å². The lowest BCUT2D eigenvalue weighted by Gasteiger charge is -2.21. The van der Waals surface area contributed by atoms with Crippen molar-refractivity contribution in [2.24, 2.45) is 0 Å². The van der Waals surface area contributed by atoms with Gasteiger partial charge in [0.15, 0.2) is 0 Å². The summed E-state index contributed by atoms with van der Waals surface area (Å²) in [6.45, 7) is 8.67. The minimum absolute atomic E-state index is 0.0152. The van der Waals surface area contributed by atoms with E-state index in [9.17, 15) is 4.79 Å². The molecule has 1 aliphatic rings. The number of H-pyrrole nitrogens is 1. The third kappa shape index (κ3) is 4.45. The Hall–Kier alpha value is -2.55. The highest BCUT2D eigenvalue weighted by molar-refractivity contribution is 6.01. The number of rotatable bonds is 6. The van der Waals surface area contributed by atoms with Crippen LogP contribution in [0.5, 0.6) is 0 Å². The Morgan fingerprint density at radius 1 is 0.933 bits per heavy atom. The molecule has 1 unspecified atom stereocenters. The first kappa shape index (κ1) is 22.1. The number of carbonyl (C=O) groups excluding carboxylic acids is 1. The summed E-state index contributed by atoms with van der Waals surface area (Å²) in [5.74, 6) is 0.102. The van der Waals surface area contributed by atoms with Gasteiger partial charge in [-0.3, -0.25) is 4.79 Å². The van der Waals surface area contributed by atoms with Crippen molar-refractivity contribution in [2.45, 2.75) is 72.3 Å². The molecule has 0 saturated heterocycles. The van der Waals surface area contributed by atoms with E-state index in [-0.39, 0.29) is 11.9 Å². The monoisotopic (exact) mass is 404 g/mol. The van der Waals surface area contributed by atoms with Crippen LogP contribution in [0.1, 0.15) is 91.2 Å². The third-order valence-electron chi connectivity index (χ3n) is 6.11. The average molecular weight is 405 g/mol. The molecule has 160 valence electrons. The van der Waals surface area contributed by atoms with Gasteiger partial charge in [0.05, 0.1) is 6.04 Å². The van der Waals surface area contributed by atoms with E-state index >= 15 is 0 Å². The molecule has 3 aromatic rings. The SMILES string of the molecule is CCCCCCCC.Cc1ccc2c(c1)C(c1c(C)[nH]c3ccccc13)N(C)C2=O. The molecule has 0 fully saturated rings. The van der Waals surface area contributed by atoms with Gasteiger partial charge in [0.25, 0.3) is 5.91 Å². The fourth-order valence-electron chi connectivity index (χ4n) is 4.47. The first-order valence-electron chi connectivity index (χ1n) is 11.4. The van der Waals surface area contributed by atoms with E-state index in [1.165, 1.54) is 55.0 Å². The highest BCUT2D eigenvalue weighted by Crippen LogP contribution is 2.41. The summed E-state index contributed by atoms with van der Waals surface area (Å²) in [6, 6.07) is 14.4. The lowest BCUT2D eigenvalue weighted by molar-refractivity contribution is 0.0794. The van der Waals surface area contributed by atoms with E-state index in [1.807, 2.05) is 36.2 Å². The number of unbranched alkanes of at least 4 members (excludes halogenated alkanes) is 5. The standard InChI is InChI=1S/C19H18N2O.C8H18/c1-11-8-9-13-15(10-11)18(21(3)19(13)22)17-12(2)20-16-7-5-4-6-14(16)17;1-3-5-7-8-6-4-2/h4-10,18,20H,1-3H3;3-8H2,1-2H3. The van der Waals surface area contributed by atoms with Gasteiger partial charge in [0.1, 0.15) is 0 Å². The summed E-state index contributed by atoms with van der Waals surface area (Å²) in [6.07, 6.45) is 8.49. The average Bonchev–Trinajstić information content (AvgIpc) is 3.18. The highest BCUT2D eigenvalue weighted by Gasteiger charge is 2.37. The largest absolute Gasteiger partial charge is 0.358 e. The Bertz CT molecular complexity index is 995. The number of hydrogen-bond acceptors (Lipinski definition) is 1. The number of benzene rings is 2. The summed E-state index contributed by atoms with van der Waals surface area (Å²) in [7, 11) is 1.89. The quantitative estimate of drug-likeness (QED) is 0.429. The summed E-state index contributed by atoms with van der Waals surface area (Å²) in [5.41, 5.74) is 6.57. The van der Waals surface area contributed by atoms with Crippen molar-refractivity contribution >= 4 is 16.8 Å². The zero-order valence-electron chi connectivity index (χ0n) is 19.2. The Labute approximate surface area is 181 Å². The minimum Gasteiger partial charge on any atom is -0.358 e. The van der Waals surface area contributed by atoms with Crippen molar-refractivity contribution in [3.8, 4) is 0 Å².